The number of carbonyl (C=O) groups excluding carboxylic acids is 1. The minimum absolute atomic E-state index is 0.135. The fourth-order valence-corrected chi connectivity index (χ4v) is 3.90. The molecular weight excluding hydrogens is 433 g/mol. The minimum atomic E-state index is -0.498. The van der Waals surface area contributed by atoms with Gasteiger partial charge in [-0.2, -0.15) is 0 Å². The fourth-order valence-electron chi connectivity index (χ4n) is 3.73. The molecule has 166 valence electrons. The molecule has 0 unspecified atom stereocenters. The second-order valence-electron chi connectivity index (χ2n) is 7.59. The zero-order chi connectivity index (χ0) is 22.5. The standard InChI is InChI=1S/C23H23ClFN5O2/c1-32-20-13-27-21(16-11-14(24)7-8-18(16)25)30-22(20)29-19-9-10-26-12-17(19)23(31)28-15-5-3-2-4-6-15/h7-13,15H,2-6H2,1H3,(H,28,31)(H,26,27,29,30). The minimum Gasteiger partial charge on any atom is -0.491 e. The van der Waals surface area contributed by atoms with E-state index in [4.69, 9.17) is 16.3 Å². The Hall–Kier alpha value is -3.26. The Morgan fingerprint density at radius 1 is 1.19 bits per heavy atom. The van der Waals surface area contributed by atoms with Crippen molar-refractivity contribution < 1.29 is 13.9 Å². The lowest BCUT2D eigenvalue weighted by molar-refractivity contribution is 0.0928. The molecule has 2 heterocycles. The summed E-state index contributed by atoms with van der Waals surface area (Å²) in [6.45, 7) is 0. The summed E-state index contributed by atoms with van der Waals surface area (Å²) in [6, 6.07) is 6.01. The highest BCUT2D eigenvalue weighted by Crippen LogP contribution is 2.31. The van der Waals surface area contributed by atoms with Gasteiger partial charge in [0.15, 0.2) is 17.4 Å². The molecule has 7 nitrogen and oxygen atoms in total. The van der Waals surface area contributed by atoms with Crippen molar-refractivity contribution in [1.82, 2.24) is 20.3 Å². The lowest BCUT2D eigenvalue weighted by Crippen LogP contribution is -2.36. The van der Waals surface area contributed by atoms with E-state index >= 15 is 0 Å². The predicted octanol–water partition coefficient (Wildman–Crippen LogP) is 5.15. The molecular formula is C23H23ClFN5O2. The maximum atomic E-state index is 14.3. The summed E-state index contributed by atoms with van der Waals surface area (Å²) in [5, 5.41) is 6.58. The van der Waals surface area contributed by atoms with Crippen molar-refractivity contribution >= 4 is 29.0 Å². The van der Waals surface area contributed by atoms with E-state index in [1.807, 2.05) is 0 Å². The van der Waals surface area contributed by atoms with E-state index in [0.29, 0.717) is 22.0 Å². The molecule has 1 aliphatic carbocycles. The van der Waals surface area contributed by atoms with Gasteiger partial charge < -0.3 is 15.4 Å². The number of anilines is 2. The summed E-state index contributed by atoms with van der Waals surface area (Å²) in [4.78, 5) is 25.7. The molecule has 4 rings (SSSR count). The average molecular weight is 456 g/mol. The molecule has 1 aliphatic rings. The molecule has 0 bridgehead atoms. The number of nitrogens with zero attached hydrogens (tertiary/aromatic N) is 3. The first-order valence-corrected chi connectivity index (χ1v) is 10.8. The maximum Gasteiger partial charge on any atom is 0.255 e. The van der Waals surface area contributed by atoms with Gasteiger partial charge in [0.2, 0.25) is 0 Å². The number of rotatable bonds is 6. The highest BCUT2D eigenvalue weighted by molar-refractivity contribution is 6.30. The Labute approximate surface area is 190 Å². The quantitative estimate of drug-likeness (QED) is 0.534. The van der Waals surface area contributed by atoms with Crippen LogP contribution in [0.15, 0.2) is 42.9 Å². The van der Waals surface area contributed by atoms with E-state index in [0.717, 1.165) is 25.7 Å². The molecule has 2 aromatic heterocycles. The highest BCUT2D eigenvalue weighted by Gasteiger charge is 2.20. The van der Waals surface area contributed by atoms with E-state index in [-0.39, 0.29) is 29.2 Å². The molecule has 0 radical (unpaired) electrons. The molecule has 32 heavy (non-hydrogen) atoms. The first kappa shape index (κ1) is 22.0. The van der Waals surface area contributed by atoms with Gasteiger partial charge in [-0.05, 0) is 37.1 Å². The Morgan fingerprint density at radius 3 is 2.78 bits per heavy atom. The van der Waals surface area contributed by atoms with Crippen molar-refractivity contribution in [2.75, 3.05) is 12.4 Å². The van der Waals surface area contributed by atoms with Gasteiger partial charge in [0.25, 0.3) is 5.91 Å². The predicted molar refractivity (Wildman–Crippen MR) is 121 cm³/mol. The topological polar surface area (TPSA) is 89.0 Å². The third-order valence-corrected chi connectivity index (χ3v) is 5.64. The Morgan fingerprint density at radius 2 is 2.00 bits per heavy atom. The zero-order valence-corrected chi connectivity index (χ0v) is 18.3. The van der Waals surface area contributed by atoms with Crippen LogP contribution in [0.5, 0.6) is 5.75 Å². The number of hydrogen-bond donors (Lipinski definition) is 2. The van der Waals surface area contributed by atoms with Gasteiger partial charge in [-0.3, -0.25) is 9.78 Å². The van der Waals surface area contributed by atoms with Crippen molar-refractivity contribution in [2.45, 2.75) is 38.1 Å². The second-order valence-corrected chi connectivity index (χ2v) is 8.03. The highest BCUT2D eigenvalue weighted by atomic mass is 35.5. The molecule has 0 aliphatic heterocycles. The third kappa shape index (κ3) is 4.96. The number of nitrogens with one attached hydrogen (secondary N) is 2. The number of aromatic nitrogens is 3. The van der Waals surface area contributed by atoms with Crippen LogP contribution in [0.2, 0.25) is 5.02 Å². The first-order valence-electron chi connectivity index (χ1n) is 10.4. The normalized spacial score (nSPS) is 14.1. The third-order valence-electron chi connectivity index (χ3n) is 5.40. The summed E-state index contributed by atoms with van der Waals surface area (Å²) >= 11 is 6.02. The fraction of sp³-hybridized carbons (Fsp3) is 0.304. The zero-order valence-electron chi connectivity index (χ0n) is 17.6. The van der Waals surface area contributed by atoms with Gasteiger partial charge in [-0.15, -0.1) is 0 Å². The van der Waals surface area contributed by atoms with Gasteiger partial charge >= 0.3 is 0 Å². The summed E-state index contributed by atoms with van der Waals surface area (Å²) in [7, 11) is 1.48. The van der Waals surface area contributed by atoms with Crippen LogP contribution in [-0.4, -0.2) is 34.0 Å². The summed E-state index contributed by atoms with van der Waals surface area (Å²) < 4.78 is 19.7. The first-order chi connectivity index (χ1) is 15.5. The lowest BCUT2D eigenvalue weighted by atomic mass is 9.95. The number of benzene rings is 1. The van der Waals surface area contributed by atoms with Crippen LogP contribution in [0, 0.1) is 5.82 Å². The molecule has 1 fully saturated rings. The van der Waals surface area contributed by atoms with Crippen LogP contribution in [0.1, 0.15) is 42.5 Å². The maximum absolute atomic E-state index is 14.3. The molecule has 9 heteroatoms. The Bertz CT molecular complexity index is 1120. The van der Waals surface area contributed by atoms with Crippen LogP contribution >= 0.6 is 11.6 Å². The number of hydrogen-bond acceptors (Lipinski definition) is 6. The average Bonchev–Trinajstić information content (AvgIpc) is 2.81. The number of ether oxygens (including phenoxy) is 1. The lowest BCUT2D eigenvalue weighted by Gasteiger charge is -2.23. The van der Waals surface area contributed by atoms with E-state index in [1.54, 1.807) is 12.3 Å². The number of methoxy groups -OCH3 is 1. The smallest absolute Gasteiger partial charge is 0.255 e. The second kappa shape index (κ2) is 9.91. The molecule has 1 amide bonds. The number of carbonyl (C=O) groups is 1. The molecule has 2 N–H and O–H groups in total. The van der Waals surface area contributed by atoms with E-state index in [1.165, 1.54) is 44.1 Å². The monoisotopic (exact) mass is 455 g/mol. The van der Waals surface area contributed by atoms with Gasteiger partial charge in [-0.1, -0.05) is 30.9 Å². The van der Waals surface area contributed by atoms with Crippen molar-refractivity contribution in [1.29, 1.82) is 0 Å². The molecule has 0 spiro atoms. The summed E-state index contributed by atoms with van der Waals surface area (Å²) in [5.74, 6) is 0.0561. The summed E-state index contributed by atoms with van der Waals surface area (Å²) in [6.07, 6.45) is 9.90. The van der Waals surface area contributed by atoms with Gasteiger partial charge in [0, 0.05) is 23.5 Å². The molecule has 1 aromatic carbocycles. The van der Waals surface area contributed by atoms with Gasteiger partial charge in [0.1, 0.15) is 5.82 Å². The molecule has 0 atom stereocenters. The molecule has 3 aromatic rings. The van der Waals surface area contributed by atoms with Crippen LogP contribution < -0.4 is 15.4 Å². The molecule has 1 saturated carbocycles. The van der Waals surface area contributed by atoms with Crippen molar-refractivity contribution in [3.63, 3.8) is 0 Å². The number of amides is 1. The van der Waals surface area contributed by atoms with Crippen LogP contribution in [0.4, 0.5) is 15.9 Å². The van der Waals surface area contributed by atoms with Crippen LogP contribution in [0.3, 0.4) is 0 Å². The van der Waals surface area contributed by atoms with E-state index in [9.17, 15) is 9.18 Å². The number of halogens is 2. The molecule has 0 saturated heterocycles. The van der Waals surface area contributed by atoms with E-state index in [2.05, 4.69) is 25.6 Å². The van der Waals surface area contributed by atoms with Crippen LogP contribution in [0.25, 0.3) is 11.4 Å². The largest absolute Gasteiger partial charge is 0.491 e. The summed E-state index contributed by atoms with van der Waals surface area (Å²) in [5.41, 5.74) is 1.05. The SMILES string of the molecule is COc1cnc(-c2cc(Cl)ccc2F)nc1Nc1ccncc1C(=O)NC1CCCCC1. The van der Waals surface area contributed by atoms with Gasteiger partial charge in [-0.25, -0.2) is 14.4 Å². The number of pyridine rings is 1. The Kier molecular flexibility index (Phi) is 6.80. The van der Waals surface area contributed by atoms with Crippen molar-refractivity contribution in [3.05, 3.63) is 59.3 Å². The van der Waals surface area contributed by atoms with Crippen LogP contribution in [-0.2, 0) is 0 Å². The van der Waals surface area contributed by atoms with Gasteiger partial charge in [0.05, 0.1) is 30.1 Å². The van der Waals surface area contributed by atoms with Crippen molar-refractivity contribution in [3.8, 4) is 17.1 Å². The van der Waals surface area contributed by atoms with Crippen molar-refractivity contribution in [2.24, 2.45) is 0 Å². The van der Waals surface area contributed by atoms with E-state index < -0.39 is 5.82 Å². The Balaban J connectivity index is 1.64.